The van der Waals surface area contributed by atoms with E-state index in [0.29, 0.717) is 17.7 Å². The molecule has 0 radical (unpaired) electrons. The number of hydrogen-bond acceptors (Lipinski definition) is 15. The van der Waals surface area contributed by atoms with Crippen molar-refractivity contribution >= 4 is 67.0 Å². The van der Waals surface area contributed by atoms with Gasteiger partial charge in [0, 0.05) is 17.4 Å². The van der Waals surface area contributed by atoms with Gasteiger partial charge < -0.3 is 29.6 Å². The smallest absolute Gasteiger partial charge is 0.315 e. The number of benzene rings is 3. The number of rotatable bonds is 10. The van der Waals surface area contributed by atoms with E-state index >= 15 is 0 Å². The zero-order valence-corrected chi connectivity index (χ0v) is 23.3. The lowest BCUT2D eigenvalue weighted by Gasteiger charge is -2.22. The van der Waals surface area contributed by atoms with Crippen molar-refractivity contribution in [2.45, 2.75) is 16.7 Å². The number of aromatic nitrogens is 3. The Balaban J connectivity index is 1.70. The van der Waals surface area contributed by atoms with Gasteiger partial charge in [-0.05, 0) is 42.8 Å². The molecule has 0 fully saturated rings. The number of nitro benzene ring substituents is 2. The molecule has 4 rings (SSSR count). The summed E-state index contributed by atoms with van der Waals surface area (Å²) in [5.41, 5.74) is -3.17. The molecule has 0 saturated carbocycles. The predicted molar refractivity (Wildman–Crippen MR) is 151 cm³/mol. The van der Waals surface area contributed by atoms with Crippen LogP contribution < -0.4 is 16.0 Å². The minimum atomic E-state index is -5.00. The third-order valence-electron chi connectivity index (χ3n) is 5.59. The quantitative estimate of drug-likeness (QED) is 0.0644. The molecule has 1 aromatic heterocycles. The molecule has 22 heteroatoms. The Morgan fingerprint density at radius 3 is 1.84 bits per heavy atom. The average Bonchev–Trinajstić information content (AvgIpc) is 2.88. The lowest BCUT2D eigenvalue weighted by atomic mass is 10.2. The summed E-state index contributed by atoms with van der Waals surface area (Å²) in [4.78, 5) is 30.0. The predicted octanol–water partition coefficient (Wildman–Crippen LogP) is 5.33. The van der Waals surface area contributed by atoms with Gasteiger partial charge in [0.25, 0.3) is 15.8 Å². The molecule has 0 amide bonds. The van der Waals surface area contributed by atoms with E-state index < -0.39 is 82.3 Å². The number of halogens is 2. The first-order chi connectivity index (χ1) is 20.4. The molecule has 44 heavy (non-hydrogen) atoms. The van der Waals surface area contributed by atoms with Crippen LogP contribution in [0.15, 0.2) is 58.3 Å². The van der Waals surface area contributed by atoms with Crippen molar-refractivity contribution in [2.75, 3.05) is 16.0 Å². The van der Waals surface area contributed by atoms with E-state index in [1.54, 1.807) is 0 Å². The fourth-order valence-corrected chi connectivity index (χ4v) is 5.12. The number of nitro groups is 2. The standard InChI is InChI=1S/C22H18F2N8O10S2/c1-10-2-3-12(7-19(10)44(40,41)42)26-22-29-20(24)28-21(30-22)25-11-4-5-18(43(37,38)39)15(6-11)27-14-8-13(23)16(31(33)34)9-17(14)32(35)36/h2-9,27,40-42H,1H3,(H,37,38,39)(H2,25,26,28,29,30). The topological polar surface area (TPSA) is 276 Å². The van der Waals surface area contributed by atoms with Gasteiger partial charge in [0.15, 0.2) is 0 Å². The second-order valence-electron chi connectivity index (χ2n) is 8.65. The Kier molecular flexibility index (Phi) is 8.57. The summed E-state index contributed by atoms with van der Waals surface area (Å²) in [6.45, 7) is 1.50. The molecule has 18 nitrogen and oxygen atoms in total. The minimum Gasteiger partial charge on any atom is -0.349 e. The van der Waals surface area contributed by atoms with Gasteiger partial charge in [0.1, 0.15) is 21.5 Å². The molecule has 1 heterocycles. The van der Waals surface area contributed by atoms with Crippen LogP contribution in [0.5, 0.6) is 0 Å². The summed E-state index contributed by atoms with van der Waals surface area (Å²) in [5.74, 6) is -2.37. The Bertz CT molecular complexity index is 1930. The fourth-order valence-electron chi connectivity index (χ4n) is 3.71. The summed E-state index contributed by atoms with van der Waals surface area (Å²) in [6, 6.07) is 7.55. The third kappa shape index (κ3) is 7.25. The van der Waals surface area contributed by atoms with Crippen molar-refractivity contribution in [1.29, 1.82) is 0 Å². The van der Waals surface area contributed by atoms with E-state index in [-0.39, 0.29) is 16.3 Å². The number of nitrogens with one attached hydrogen (secondary N) is 3. The van der Waals surface area contributed by atoms with Crippen molar-refractivity contribution in [1.82, 2.24) is 15.0 Å². The van der Waals surface area contributed by atoms with Crippen LogP contribution >= 0.6 is 10.9 Å². The Morgan fingerprint density at radius 2 is 1.30 bits per heavy atom. The lowest BCUT2D eigenvalue weighted by Crippen LogP contribution is -2.08. The van der Waals surface area contributed by atoms with Crippen LogP contribution in [0.3, 0.4) is 0 Å². The largest absolute Gasteiger partial charge is 0.349 e. The van der Waals surface area contributed by atoms with E-state index in [1.807, 2.05) is 0 Å². The highest BCUT2D eigenvalue weighted by Crippen LogP contribution is 2.46. The van der Waals surface area contributed by atoms with Crippen LogP contribution in [-0.2, 0) is 10.1 Å². The molecule has 7 N–H and O–H groups in total. The van der Waals surface area contributed by atoms with E-state index in [4.69, 9.17) is 0 Å². The second kappa shape index (κ2) is 11.9. The summed E-state index contributed by atoms with van der Waals surface area (Å²) < 4.78 is 91.0. The maximum atomic E-state index is 14.3. The van der Waals surface area contributed by atoms with Gasteiger partial charge in [0.2, 0.25) is 17.7 Å². The second-order valence-corrected chi connectivity index (χ2v) is 11.5. The summed E-state index contributed by atoms with van der Waals surface area (Å²) in [5, 5.41) is 29.9. The average molecular weight is 657 g/mol. The third-order valence-corrected chi connectivity index (χ3v) is 7.53. The number of aryl methyl sites for hydroxylation is 1. The van der Waals surface area contributed by atoms with Crippen molar-refractivity contribution in [3.8, 4) is 0 Å². The van der Waals surface area contributed by atoms with Crippen LogP contribution in [0.1, 0.15) is 5.56 Å². The SMILES string of the molecule is Cc1ccc(Nc2nc(F)nc(Nc3ccc(S(=O)(=O)O)c(Nc4cc(F)c([N+](=O)[O-])cc4[N+](=O)[O-])c3)n2)cc1S(O)(O)O. The van der Waals surface area contributed by atoms with E-state index in [1.165, 1.54) is 19.1 Å². The van der Waals surface area contributed by atoms with Gasteiger partial charge in [-0.2, -0.15) is 32.2 Å². The van der Waals surface area contributed by atoms with Crippen LogP contribution in [-0.4, -0.2) is 51.4 Å². The number of nitrogens with zero attached hydrogens (tertiary/aromatic N) is 5. The van der Waals surface area contributed by atoms with E-state index in [2.05, 4.69) is 30.9 Å². The first kappa shape index (κ1) is 31.8. The van der Waals surface area contributed by atoms with Crippen molar-refractivity contribution < 1.29 is 45.3 Å². The highest BCUT2D eigenvalue weighted by molar-refractivity contribution is 8.19. The van der Waals surface area contributed by atoms with Crippen LogP contribution in [0.2, 0.25) is 0 Å². The lowest BCUT2D eigenvalue weighted by molar-refractivity contribution is -0.395. The molecule has 0 aliphatic heterocycles. The van der Waals surface area contributed by atoms with Crippen LogP contribution in [0, 0.1) is 39.0 Å². The van der Waals surface area contributed by atoms with E-state index in [0.717, 1.165) is 24.3 Å². The zero-order valence-electron chi connectivity index (χ0n) is 21.7. The molecule has 4 aromatic rings. The van der Waals surface area contributed by atoms with E-state index in [9.17, 15) is 55.6 Å². The molecule has 0 unspecified atom stereocenters. The van der Waals surface area contributed by atoms with Gasteiger partial charge >= 0.3 is 11.8 Å². The molecule has 0 aliphatic carbocycles. The van der Waals surface area contributed by atoms with Crippen molar-refractivity contribution in [3.05, 3.63) is 86.2 Å². The first-order valence-electron chi connectivity index (χ1n) is 11.5. The maximum absolute atomic E-state index is 14.3. The summed E-state index contributed by atoms with van der Waals surface area (Å²) >= 11 is 0. The van der Waals surface area contributed by atoms with Gasteiger partial charge in [-0.1, -0.05) is 6.07 Å². The zero-order chi connectivity index (χ0) is 32.6. The highest BCUT2D eigenvalue weighted by Gasteiger charge is 2.27. The fraction of sp³-hybridized carbons (Fsp3) is 0.0455. The van der Waals surface area contributed by atoms with Gasteiger partial charge in [-0.25, -0.2) is 0 Å². The first-order valence-corrected chi connectivity index (χ1v) is 14.4. The van der Waals surface area contributed by atoms with Gasteiger partial charge in [0.05, 0.1) is 26.5 Å². The minimum absolute atomic E-state index is 0.103. The molecular weight excluding hydrogens is 638 g/mol. The van der Waals surface area contributed by atoms with Crippen LogP contribution in [0.4, 0.5) is 54.8 Å². The maximum Gasteiger partial charge on any atom is 0.315 e. The molecular formula is C22H18F2N8O10S2. The Labute approximate surface area is 246 Å². The highest BCUT2D eigenvalue weighted by atomic mass is 32.3. The van der Waals surface area contributed by atoms with Crippen molar-refractivity contribution in [2.24, 2.45) is 0 Å². The molecule has 0 bridgehead atoms. The normalized spacial score (nSPS) is 12.0. The summed E-state index contributed by atoms with van der Waals surface area (Å²) in [7, 11) is -9.09. The number of anilines is 6. The van der Waals surface area contributed by atoms with Crippen molar-refractivity contribution in [3.63, 3.8) is 0 Å². The molecule has 232 valence electrons. The summed E-state index contributed by atoms with van der Waals surface area (Å²) in [6.07, 6.45) is -1.31. The van der Waals surface area contributed by atoms with Crippen LogP contribution in [0.25, 0.3) is 0 Å². The molecule has 3 aromatic carbocycles. The van der Waals surface area contributed by atoms with Gasteiger partial charge in [-0.3, -0.25) is 24.8 Å². The van der Waals surface area contributed by atoms with Gasteiger partial charge in [-0.15, -0.1) is 0 Å². The molecule has 0 aliphatic rings. The molecule has 0 saturated heterocycles. The number of hydrogen-bond donors (Lipinski definition) is 7. The molecule has 0 atom stereocenters. The Hall–Kier alpha value is -5.13. The Morgan fingerprint density at radius 1 is 0.727 bits per heavy atom. The molecule has 0 spiro atoms. The monoisotopic (exact) mass is 656 g/mol.